The van der Waals surface area contributed by atoms with Crippen molar-refractivity contribution in [2.24, 2.45) is 5.41 Å². The zero-order chi connectivity index (χ0) is 34.2. The number of amides is 2. The van der Waals surface area contributed by atoms with Crippen molar-refractivity contribution in [3.8, 4) is 11.1 Å². The predicted molar refractivity (Wildman–Crippen MR) is 190 cm³/mol. The van der Waals surface area contributed by atoms with Crippen molar-refractivity contribution >= 4 is 50.2 Å². The highest BCUT2D eigenvalue weighted by Gasteiger charge is 2.66. The SMILES string of the molecule is CCCCC[C@@]12C[C@@H](C(=O)Nc3nc(Br)ccc3C)N(C(=O)Cn3nc(C(C)=O)c4cc(-c5cnc(C)nc5)cc(CCCC)c43)[C@@H]1C2. The number of nitrogens with one attached hydrogen (secondary N) is 1. The van der Waals surface area contributed by atoms with E-state index in [-0.39, 0.29) is 35.6 Å². The number of anilines is 1. The topological polar surface area (TPSA) is 123 Å². The van der Waals surface area contributed by atoms with Crippen LogP contribution in [0.2, 0.25) is 0 Å². The van der Waals surface area contributed by atoms with Gasteiger partial charge in [0.2, 0.25) is 11.8 Å². The van der Waals surface area contributed by atoms with Gasteiger partial charge in [-0.05, 0) is 102 Å². The highest BCUT2D eigenvalue weighted by Crippen LogP contribution is 2.62. The Morgan fingerprint density at radius 3 is 2.46 bits per heavy atom. The van der Waals surface area contributed by atoms with Crippen molar-refractivity contribution in [2.45, 2.75) is 111 Å². The average molecular weight is 715 g/mol. The standard InChI is InChI=1S/C37H44BrN7O3/c1-6-8-10-14-37-17-29(36(48)42-35-22(3)12-13-31(38)41-35)45(30(37)18-37)32(47)21-44-34-25(11-9-7-2)15-26(27-19-39-24(5)40-20-27)16-28(34)33(43-44)23(4)46/h12-13,15-16,19-20,29-30H,6-11,14,17-18,21H2,1-5H3,(H,41,42,48)/t29-,30+,37-/m0/s1. The summed E-state index contributed by atoms with van der Waals surface area (Å²) >= 11 is 3.41. The number of rotatable bonds is 13. The van der Waals surface area contributed by atoms with Crippen LogP contribution >= 0.6 is 15.9 Å². The molecule has 1 saturated heterocycles. The van der Waals surface area contributed by atoms with Gasteiger partial charge < -0.3 is 10.2 Å². The number of unbranched alkanes of at least 4 members (excludes halogenated alkanes) is 3. The van der Waals surface area contributed by atoms with E-state index in [0.29, 0.717) is 33.7 Å². The van der Waals surface area contributed by atoms with Gasteiger partial charge in [-0.15, -0.1) is 0 Å². The lowest BCUT2D eigenvalue weighted by molar-refractivity contribution is -0.138. The van der Waals surface area contributed by atoms with Crippen LogP contribution in [-0.4, -0.2) is 59.3 Å². The Balaban J connectivity index is 1.36. The van der Waals surface area contributed by atoms with Crippen molar-refractivity contribution < 1.29 is 14.4 Å². The largest absolute Gasteiger partial charge is 0.325 e. The minimum atomic E-state index is -0.611. The highest BCUT2D eigenvalue weighted by atomic mass is 79.9. The normalized spacial score (nSPS) is 19.8. The van der Waals surface area contributed by atoms with Gasteiger partial charge in [0.25, 0.3) is 0 Å². The average Bonchev–Trinajstić information content (AvgIpc) is 3.46. The molecule has 1 saturated carbocycles. The number of benzene rings is 1. The number of hydrogen-bond acceptors (Lipinski definition) is 7. The molecule has 1 aliphatic heterocycles. The second-order valence-electron chi connectivity index (χ2n) is 13.6. The van der Waals surface area contributed by atoms with Crippen LogP contribution in [0.25, 0.3) is 22.0 Å². The number of ketones is 1. The van der Waals surface area contributed by atoms with Crippen LogP contribution in [0.5, 0.6) is 0 Å². The van der Waals surface area contributed by atoms with Gasteiger partial charge in [0.1, 0.15) is 34.5 Å². The van der Waals surface area contributed by atoms with Gasteiger partial charge >= 0.3 is 0 Å². The molecule has 252 valence electrons. The van der Waals surface area contributed by atoms with Crippen LogP contribution < -0.4 is 5.32 Å². The third kappa shape index (κ3) is 6.66. The molecule has 3 atom stereocenters. The number of aromatic nitrogens is 5. The van der Waals surface area contributed by atoms with Crippen LogP contribution in [-0.2, 0) is 22.6 Å². The molecule has 3 aromatic heterocycles. The zero-order valence-corrected chi connectivity index (χ0v) is 30.1. The summed E-state index contributed by atoms with van der Waals surface area (Å²) in [5.74, 6) is 0.622. The fourth-order valence-electron chi connectivity index (χ4n) is 7.39. The summed E-state index contributed by atoms with van der Waals surface area (Å²) in [5.41, 5.74) is 4.71. The van der Waals surface area contributed by atoms with E-state index in [1.807, 2.05) is 36.9 Å². The molecule has 1 aliphatic carbocycles. The Labute approximate surface area is 290 Å². The van der Waals surface area contributed by atoms with Crippen molar-refractivity contribution in [2.75, 3.05) is 5.32 Å². The molecule has 0 spiro atoms. The Morgan fingerprint density at radius 2 is 1.75 bits per heavy atom. The molecule has 4 aromatic rings. The van der Waals surface area contributed by atoms with E-state index in [9.17, 15) is 14.4 Å². The van der Waals surface area contributed by atoms with Gasteiger partial charge in [0, 0.05) is 36.3 Å². The van der Waals surface area contributed by atoms with E-state index in [2.05, 4.69) is 56.1 Å². The van der Waals surface area contributed by atoms with Gasteiger partial charge in [-0.25, -0.2) is 15.0 Å². The molecule has 1 N–H and O–H groups in total. The van der Waals surface area contributed by atoms with Gasteiger partial charge in [0.05, 0.1) is 5.52 Å². The molecule has 2 amide bonds. The first-order chi connectivity index (χ1) is 23.0. The summed E-state index contributed by atoms with van der Waals surface area (Å²) in [5, 5.41) is 8.50. The van der Waals surface area contributed by atoms with Crippen LogP contribution in [0.15, 0.2) is 41.3 Å². The Morgan fingerprint density at radius 1 is 1.00 bits per heavy atom. The first-order valence-corrected chi connectivity index (χ1v) is 17.9. The first-order valence-electron chi connectivity index (χ1n) is 17.1. The Kier molecular flexibility index (Phi) is 9.79. The summed E-state index contributed by atoms with van der Waals surface area (Å²) in [6, 6.07) is 7.21. The number of carbonyl (C=O) groups excluding carboxylic acids is 3. The van der Waals surface area contributed by atoms with Gasteiger partial charge in [-0.2, -0.15) is 5.10 Å². The maximum Gasteiger partial charge on any atom is 0.248 e. The molecule has 11 heteroatoms. The fourth-order valence-corrected chi connectivity index (χ4v) is 7.70. The van der Waals surface area contributed by atoms with E-state index in [1.165, 1.54) is 6.92 Å². The van der Waals surface area contributed by atoms with Crippen molar-refractivity contribution in [3.05, 3.63) is 63.9 Å². The summed E-state index contributed by atoms with van der Waals surface area (Å²) in [6.07, 6.45) is 12.1. The molecule has 10 nitrogen and oxygen atoms in total. The van der Waals surface area contributed by atoms with E-state index < -0.39 is 6.04 Å². The first kappa shape index (κ1) is 33.9. The number of halogens is 1. The maximum absolute atomic E-state index is 14.4. The number of piperidine rings is 1. The molecule has 0 radical (unpaired) electrons. The number of pyridine rings is 1. The monoisotopic (exact) mass is 713 g/mol. The molecule has 0 bridgehead atoms. The van der Waals surface area contributed by atoms with E-state index in [0.717, 1.165) is 79.1 Å². The molecule has 0 unspecified atom stereocenters. The number of carbonyl (C=O) groups is 3. The molecule has 4 heterocycles. The summed E-state index contributed by atoms with van der Waals surface area (Å²) < 4.78 is 2.33. The number of nitrogens with zero attached hydrogens (tertiary/aromatic N) is 6. The van der Waals surface area contributed by atoms with E-state index in [4.69, 9.17) is 5.10 Å². The molecule has 1 aromatic carbocycles. The van der Waals surface area contributed by atoms with Gasteiger partial charge in [0.15, 0.2) is 5.78 Å². The quantitative estimate of drug-likeness (QED) is 0.0871. The zero-order valence-electron chi connectivity index (χ0n) is 28.5. The lowest BCUT2D eigenvalue weighted by atomic mass is 9.92. The minimum absolute atomic E-state index is 0.0102. The van der Waals surface area contributed by atoms with Crippen LogP contribution in [0.4, 0.5) is 5.82 Å². The maximum atomic E-state index is 14.4. The van der Waals surface area contributed by atoms with Gasteiger partial charge in [-0.3, -0.25) is 19.1 Å². The van der Waals surface area contributed by atoms with Crippen LogP contribution in [0.3, 0.4) is 0 Å². The smallest absolute Gasteiger partial charge is 0.248 e. The summed E-state index contributed by atoms with van der Waals surface area (Å²) in [4.78, 5) is 56.4. The Hall–Kier alpha value is -3.99. The molecular formula is C37H44BrN7O3. The number of fused-ring (bicyclic) bond motifs is 2. The number of likely N-dealkylation sites (tertiary alicyclic amines) is 1. The molecule has 2 aliphatic rings. The minimum Gasteiger partial charge on any atom is -0.325 e. The van der Waals surface area contributed by atoms with Crippen LogP contribution in [0, 0.1) is 19.3 Å². The fraction of sp³-hybridized carbons (Fsp3) is 0.486. The highest BCUT2D eigenvalue weighted by molar-refractivity contribution is 9.10. The number of aryl methyl sites for hydroxylation is 3. The van der Waals surface area contributed by atoms with Crippen LogP contribution in [0.1, 0.15) is 99.6 Å². The number of hydrogen-bond donors (Lipinski definition) is 1. The molecular weight excluding hydrogens is 670 g/mol. The molecule has 6 rings (SSSR count). The van der Waals surface area contributed by atoms with E-state index in [1.54, 1.807) is 17.1 Å². The third-order valence-corrected chi connectivity index (χ3v) is 10.5. The van der Waals surface area contributed by atoms with Crippen molar-refractivity contribution in [1.82, 2.24) is 29.6 Å². The lowest BCUT2D eigenvalue weighted by Crippen LogP contribution is -2.47. The van der Waals surface area contributed by atoms with Crippen molar-refractivity contribution in [3.63, 3.8) is 0 Å². The third-order valence-electron chi connectivity index (χ3n) is 10.0. The Bertz CT molecular complexity index is 1870. The molecule has 2 fully saturated rings. The molecule has 48 heavy (non-hydrogen) atoms. The predicted octanol–water partition coefficient (Wildman–Crippen LogP) is 7.39. The second kappa shape index (κ2) is 13.9. The second-order valence-corrected chi connectivity index (χ2v) is 14.4. The lowest BCUT2D eigenvalue weighted by Gasteiger charge is -2.27. The van der Waals surface area contributed by atoms with Crippen molar-refractivity contribution in [1.29, 1.82) is 0 Å². The van der Waals surface area contributed by atoms with E-state index >= 15 is 0 Å². The van der Waals surface area contributed by atoms with Gasteiger partial charge in [-0.1, -0.05) is 45.6 Å². The summed E-state index contributed by atoms with van der Waals surface area (Å²) in [7, 11) is 0. The number of Topliss-reactive ketones (excluding diaryl/α,β-unsaturated/α-hetero) is 1. The summed E-state index contributed by atoms with van der Waals surface area (Å²) in [6.45, 7) is 9.52.